The smallest absolute Gasteiger partial charge is 0.329 e. The van der Waals surface area contributed by atoms with Crippen LogP contribution >= 0.6 is 0 Å². The van der Waals surface area contributed by atoms with E-state index >= 15 is 0 Å². The molecule has 0 bridgehead atoms. The van der Waals surface area contributed by atoms with Gasteiger partial charge in [0.05, 0.1) is 6.04 Å². The third-order valence-corrected chi connectivity index (χ3v) is 1.42. The minimum absolute atomic E-state index is 0.153. The molecule has 0 heterocycles. The van der Waals surface area contributed by atoms with Crippen LogP contribution in [0.2, 0.25) is 0 Å². The molecule has 0 unspecified atom stereocenters. The number of rotatable bonds is 4. The van der Waals surface area contributed by atoms with E-state index in [1.807, 2.05) is 0 Å². The maximum Gasteiger partial charge on any atom is 0.406 e. The van der Waals surface area contributed by atoms with E-state index in [1.54, 1.807) is 0 Å². The Morgan fingerprint density at radius 2 is 2.14 bits per heavy atom. The molecule has 0 aromatic heterocycles. The molecule has 14 heavy (non-hydrogen) atoms. The fraction of sp³-hybridized carbons (Fsp3) is 0.625. The van der Waals surface area contributed by atoms with Crippen LogP contribution in [-0.2, 0) is 4.79 Å². The molecule has 3 nitrogen and oxygen atoms in total. The molecule has 0 spiro atoms. The number of carbonyl (C=O) groups excluding carboxylic acids is 1. The minimum atomic E-state index is -4.41. The van der Waals surface area contributed by atoms with Crippen molar-refractivity contribution in [2.75, 3.05) is 13.1 Å². The lowest BCUT2D eigenvalue weighted by Crippen LogP contribution is -2.46. The third kappa shape index (κ3) is 4.86. The Hall–Kier alpha value is -1.04. The van der Waals surface area contributed by atoms with Crippen LogP contribution in [0.4, 0.5) is 13.2 Å². The van der Waals surface area contributed by atoms with Gasteiger partial charge in [0.15, 0.2) is 0 Å². The summed E-state index contributed by atoms with van der Waals surface area (Å²) >= 11 is 0. The molecular formula is C8H13F3N2O. The number of nitrogens with two attached hydrogens (primary N) is 1. The molecule has 0 aliphatic carbocycles. The van der Waals surface area contributed by atoms with E-state index in [2.05, 4.69) is 6.58 Å². The van der Waals surface area contributed by atoms with E-state index in [0.29, 0.717) is 4.90 Å². The molecule has 1 atom stereocenters. The highest BCUT2D eigenvalue weighted by atomic mass is 19.4. The summed E-state index contributed by atoms with van der Waals surface area (Å²) in [5.41, 5.74) is 5.19. The molecule has 0 rings (SSSR count). The molecule has 0 aliphatic rings. The highest BCUT2D eigenvalue weighted by Crippen LogP contribution is 2.16. The molecule has 2 N–H and O–H groups in total. The topological polar surface area (TPSA) is 46.3 Å². The molecule has 1 amide bonds. The molecule has 0 fully saturated rings. The number of halogens is 3. The van der Waals surface area contributed by atoms with Crippen molar-refractivity contribution in [2.45, 2.75) is 19.1 Å². The van der Waals surface area contributed by atoms with Gasteiger partial charge in [-0.1, -0.05) is 6.08 Å². The molecule has 0 saturated carbocycles. The number of carbonyl (C=O) groups is 1. The van der Waals surface area contributed by atoms with Crippen LogP contribution in [0.5, 0.6) is 0 Å². The zero-order chi connectivity index (χ0) is 11.4. The predicted molar refractivity (Wildman–Crippen MR) is 46.5 cm³/mol. The van der Waals surface area contributed by atoms with Gasteiger partial charge in [0, 0.05) is 6.54 Å². The zero-order valence-corrected chi connectivity index (χ0v) is 7.84. The van der Waals surface area contributed by atoms with Crippen molar-refractivity contribution in [1.82, 2.24) is 4.90 Å². The lowest BCUT2D eigenvalue weighted by molar-refractivity contribution is -0.160. The monoisotopic (exact) mass is 210 g/mol. The third-order valence-electron chi connectivity index (χ3n) is 1.42. The summed E-state index contributed by atoms with van der Waals surface area (Å²) < 4.78 is 36.0. The first kappa shape index (κ1) is 13.0. The molecule has 0 saturated heterocycles. The quantitative estimate of drug-likeness (QED) is 0.701. The summed E-state index contributed by atoms with van der Waals surface area (Å²) in [6.45, 7) is 3.17. The number of amides is 1. The summed E-state index contributed by atoms with van der Waals surface area (Å²) in [6.07, 6.45) is -3.18. The Morgan fingerprint density at radius 3 is 2.43 bits per heavy atom. The van der Waals surface area contributed by atoms with Crippen molar-refractivity contribution in [3.8, 4) is 0 Å². The van der Waals surface area contributed by atoms with Crippen LogP contribution in [-0.4, -0.2) is 36.1 Å². The van der Waals surface area contributed by atoms with E-state index in [-0.39, 0.29) is 6.54 Å². The van der Waals surface area contributed by atoms with Gasteiger partial charge in [-0.25, -0.2) is 0 Å². The summed E-state index contributed by atoms with van der Waals surface area (Å²) in [5, 5.41) is 0. The molecule has 0 aromatic rings. The van der Waals surface area contributed by atoms with Crippen molar-refractivity contribution in [2.24, 2.45) is 5.73 Å². The molecule has 6 heteroatoms. The maximum atomic E-state index is 12.0. The number of nitrogens with zero attached hydrogens (tertiary/aromatic N) is 1. The van der Waals surface area contributed by atoms with Gasteiger partial charge >= 0.3 is 6.18 Å². The Labute approximate surface area is 80.4 Å². The summed E-state index contributed by atoms with van der Waals surface area (Å²) in [5.74, 6) is -0.734. The highest BCUT2D eigenvalue weighted by molar-refractivity contribution is 5.81. The zero-order valence-electron chi connectivity index (χ0n) is 7.84. The van der Waals surface area contributed by atoms with Gasteiger partial charge in [0.1, 0.15) is 6.54 Å². The van der Waals surface area contributed by atoms with E-state index in [9.17, 15) is 18.0 Å². The fourth-order valence-corrected chi connectivity index (χ4v) is 0.893. The second-order valence-electron chi connectivity index (χ2n) is 2.91. The lowest BCUT2D eigenvalue weighted by atomic mass is 10.3. The van der Waals surface area contributed by atoms with E-state index in [4.69, 9.17) is 5.73 Å². The molecule has 0 aromatic carbocycles. The Kier molecular flexibility index (Phi) is 4.62. The van der Waals surface area contributed by atoms with Crippen molar-refractivity contribution < 1.29 is 18.0 Å². The van der Waals surface area contributed by atoms with Crippen LogP contribution in [0.3, 0.4) is 0 Å². The lowest BCUT2D eigenvalue weighted by Gasteiger charge is -2.23. The van der Waals surface area contributed by atoms with Gasteiger partial charge in [0.2, 0.25) is 5.91 Å². The summed E-state index contributed by atoms with van der Waals surface area (Å²) in [6, 6.07) is -0.933. The van der Waals surface area contributed by atoms with E-state index in [1.165, 1.54) is 13.0 Å². The first-order valence-corrected chi connectivity index (χ1v) is 4.00. The van der Waals surface area contributed by atoms with Gasteiger partial charge in [-0.05, 0) is 6.92 Å². The van der Waals surface area contributed by atoms with Crippen LogP contribution in [0, 0.1) is 0 Å². The normalized spacial score (nSPS) is 13.5. The second kappa shape index (κ2) is 4.99. The molecule has 0 radical (unpaired) electrons. The fourth-order valence-electron chi connectivity index (χ4n) is 0.893. The Balaban J connectivity index is 4.44. The highest BCUT2D eigenvalue weighted by Gasteiger charge is 2.33. The Morgan fingerprint density at radius 1 is 1.64 bits per heavy atom. The van der Waals surface area contributed by atoms with Gasteiger partial charge < -0.3 is 10.6 Å². The van der Waals surface area contributed by atoms with Crippen LogP contribution < -0.4 is 5.73 Å². The number of hydrogen-bond donors (Lipinski definition) is 1. The van der Waals surface area contributed by atoms with Gasteiger partial charge in [-0.2, -0.15) is 13.2 Å². The largest absolute Gasteiger partial charge is 0.406 e. The van der Waals surface area contributed by atoms with Crippen molar-refractivity contribution in [3.05, 3.63) is 12.7 Å². The van der Waals surface area contributed by atoms with Crippen molar-refractivity contribution >= 4 is 5.91 Å². The first-order chi connectivity index (χ1) is 6.28. The minimum Gasteiger partial charge on any atom is -0.329 e. The summed E-state index contributed by atoms with van der Waals surface area (Å²) in [4.78, 5) is 11.8. The van der Waals surface area contributed by atoms with Crippen LogP contribution in [0.15, 0.2) is 12.7 Å². The predicted octanol–water partition coefficient (Wildman–Crippen LogP) is 0.911. The second-order valence-corrected chi connectivity index (χ2v) is 2.91. The number of hydrogen-bond acceptors (Lipinski definition) is 2. The van der Waals surface area contributed by atoms with Crippen molar-refractivity contribution in [3.63, 3.8) is 0 Å². The van der Waals surface area contributed by atoms with E-state index < -0.39 is 24.7 Å². The van der Waals surface area contributed by atoms with Gasteiger partial charge in [-0.3, -0.25) is 4.79 Å². The molecular weight excluding hydrogens is 197 g/mol. The van der Waals surface area contributed by atoms with Crippen molar-refractivity contribution in [1.29, 1.82) is 0 Å². The Bertz CT molecular complexity index is 213. The first-order valence-electron chi connectivity index (χ1n) is 4.00. The van der Waals surface area contributed by atoms with E-state index in [0.717, 1.165) is 0 Å². The molecule has 82 valence electrons. The van der Waals surface area contributed by atoms with Crippen LogP contribution in [0.25, 0.3) is 0 Å². The molecule has 0 aliphatic heterocycles. The summed E-state index contributed by atoms with van der Waals surface area (Å²) in [7, 11) is 0. The SMILES string of the molecule is C=CCN(CC(F)(F)F)C(=O)[C@H](C)N. The van der Waals surface area contributed by atoms with Gasteiger partial charge in [-0.15, -0.1) is 6.58 Å². The average molecular weight is 210 g/mol. The number of alkyl halides is 3. The van der Waals surface area contributed by atoms with Gasteiger partial charge in [0.25, 0.3) is 0 Å². The maximum absolute atomic E-state index is 12.0. The standard InChI is InChI=1S/C8H13F3N2O/c1-3-4-13(5-8(9,10)11)7(14)6(2)12/h3,6H,1,4-5,12H2,2H3/t6-/m0/s1. The average Bonchev–Trinajstić information content (AvgIpc) is 1.99. The van der Waals surface area contributed by atoms with Crippen LogP contribution in [0.1, 0.15) is 6.92 Å².